The molecule has 3 heteroatoms. The van der Waals surface area contributed by atoms with Crippen molar-refractivity contribution in [2.45, 2.75) is 25.8 Å². The van der Waals surface area contributed by atoms with Gasteiger partial charge in [0.15, 0.2) is 0 Å². The van der Waals surface area contributed by atoms with Crippen LogP contribution in [-0.2, 0) is 6.42 Å². The minimum atomic E-state index is -0.303. The largest absolute Gasteiger partial charge is 0.396 e. The first-order valence-corrected chi connectivity index (χ1v) is 4.39. The molecule has 0 aromatic heterocycles. The average molecular weight is 182 g/mol. The van der Waals surface area contributed by atoms with Crippen LogP contribution in [0.5, 0.6) is 0 Å². The molecule has 0 amide bonds. The zero-order valence-electron chi connectivity index (χ0n) is 7.76. The van der Waals surface area contributed by atoms with Crippen LogP contribution >= 0.6 is 0 Å². The summed E-state index contributed by atoms with van der Waals surface area (Å²) in [5.41, 5.74) is 11.9. The number of rotatable bonds is 3. The summed E-state index contributed by atoms with van der Waals surface area (Å²) in [5, 5.41) is 0. The zero-order chi connectivity index (χ0) is 9.84. The van der Waals surface area contributed by atoms with Crippen molar-refractivity contribution < 1.29 is 4.39 Å². The summed E-state index contributed by atoms with van der Waals surface area (Å²) >= 11 is 0. The predicted molar refractivity (Wildman–Crippen MR) is 52.8 cm³/mol. The van der Waals surface area contributed by atoms with Gasteiger partial charge in [-0.1, -0.05) is 12.1 Å². The van der Waals surface area contributed by atoms with Gasteiger partial charge in [-0.3, -0.25) is 0 Å². The first-order valence-electron chi connectivity index (χ1n) is 4.39. The number of anilines is 1. The van der Waals surface area contributed by atoms with Gasteiger partial charge in [0, 0.05) is 6.04 Å². The van der Waals surface area contributed by atoms with Crippen molar-refractivity contribution in [3.05, 3.63) is 29.6 Å². The van der Waals surface area contributed by atoms with E-state index in [2.05, 4.69) is 0 Å². The van der Waals surface area contributed by atoms with Crippen molar-refractivity contribution in [1.82, 2.24) is 0 Å². The summed E-state index contributed by atoms with van der Waals surface area (Å²) in [6.45, 7) is 1.91. The van der Waals surface area contributed by atoms with Crippen LogP contribution in [-0.4, -0.2) is 6.04 Å². The molecule has 0 aliphatic heterocycles. The van der Waals surface area contributed by atoms with Crippen molar-refractivity contribution in [2.24, 2.45) is 5.73 Å². The van der Waals surface area contributed by atoms with Crippen molar-refractivity contribution in [3.8, 4) is 0 Å². The zero-order valence-corrected chi connectivity index (χ0v) is 7.76. The number of nitrogens with two attached hydrogens (primary N) is 2. The number of hydrogen-bond acceptors (Lipinski definition) is 2. The molecule has 0 aliphatic rings. The summed E-state index contributed by atoms with van der Waals surface area (Å²) in [4.78, 5) is 0. The van der Waals surface area contributed by atoms with E-state index >= 15 is 0 Å². The lowest BCUT2D eigenvalue weighted by molar-refractivity contribution is 0.594. The van der Waals surface area contributed by atoms with E-state index in [1.54, 1.807) is 18.2 Å². The number of halogens is 1. The van der Waals surface area contributed by atoms with Gasteiger partial charge in [0.2, 0.25) is 0 Å². The first-order chi connectivity index (χ1) is 6.11. The van der Waals surface area contributed by atoms with E-state index in [9.17, 15) is 4.39 Å². The maximum atomic E-state index is 13.3. The molecule has 13 heavy (non-hydrogen) atoms. The number of benzene rings is 1. The minimum absolute atomic E-state index is 0.0980. The lowest BCUT2D eigenvalue weighted by atomic mass is 10.1. The van der Waals surface area contributed by atoms with E-state index in [0.29, 0.717) is 12.0 Å². The molecule has 0 unspecified atom stereocenters. The maximum Gasteiger partial charge on any atom is 0.149 e. The Bertz CT molecular complexity index is 284. The van der Waals surface area contributed by atoms with E-state index in [4.69, 9.17) is 11.5 Å². The second-order valence-corrected chi connectivity index (χ2v) is 3.34. The molecule has 0 bridgehead atoms. The van der Waals surface area contributed by atoms with Gasteiger partial charge in [0.05, 0.1) is 5.69 Å². The van der Waals surface area contributed by atoms with Crippen LogP contribution in [0.3, 0.4) is 0 Å². The van der Waals surface area contributed by atoms with Gasteiger partial charge < -0.3 is 11.5 Å². The van der Waals surface area contributed by atoms with Crippen LogP contribution in [0.1, 0.15) is 18.9 Å². The molecule has 1 aromatic rings. The molecule has 0 aliphatic carbocycles. The molecule has 1 rings (SSSR count). The number of nitrogen functional groups attached to an aromatic ring is 1. The quantitative estimate of drug-likeness (QED) is 0.699. The molecule has 2 nitrogen and oxygen atoms in total. The molecule has 0 fully saturated rings. The van der Waals surface area contributed by atoms with Gasteiger partial charge in [-0.15, -0.1) is 0 Å². The van der Waals surface area contributed by atoms with Crippen molar-refractivity contribution in [3.63, 3.8) is 0 Å². The summed E-state index contributed by atoms with van der Waals surface area (Å²) in [6.07, 6.45) is 1.43. The van der Waals surface area contributed by atoms with E-state index < -0.39 is 0 Å². The van der Waals surface area contributed by atoms with Gasteiger partial charge in [-0.2, -0.15) is 0 Å². The van der Waals surface area contributed by atoms with Crippen LogP contribution in [0.4, 0.5) is 10.1 Å². The Morgan fingerprint density at radius 1 is 1.46 bits per heavy atom. The number of hydrogen-bond donors (Lipinski definition) is 2. The van der Waals surface area contributed by atoms with Crippen LogP contribution in [0.15, 0.2) is 18.2 Å². The lowest BCUT2D eigenvalue weighted by Crippen LogP contribution is -2.15. The normalized spacial score (nSPS) is 12.8. The van der Waals surface area contributed by atoms with E-state index in [-0.39, 0.29) is 17.5 Å². The van der Waals surface area contributed by atoms with Crippen molar-refractivity contribution in [2.75, 3.05) is 5.73 Å². The molecule has 0 radical (unpaired) electrons. The van der Waals surface area contributed by atoms with Crippen LogP contribution < -0.4 is 11.5 Å². The van der Waals surface area contributed by atoms with Gasteiger partial charge in [0.1, 0.15) is 5.82 Å². The Labute approximate surface area is 77.7 Å². The average Bonchev–Trinajstić information content (AvgIpc) is 2.07. The Hall–Kier alpha value is -1.09. The Morgan fingerprint density at radius 2 is 2.15 bits per heavy atom. The molecule has 0 heterocycles. The van der Waals surface area contributed by atoms with Crippen LogP contribution in [0, 0.1) is 5.82 Å². The summed E-state index contributed by atoms with van der Waals surface area (Å²) < 4.78 is 13.3. The van der Waals surface area contributed by atoms with Gasteiger partial charge >= 0.3 is 0 Å². The lowest BCUT2D eigenvalue weighted by Gasteiger charge is -2.07. The van der Waals surface area contributed by atoms with Crippen LogP contribution in [0.25, 0.3) is 0 Å². The molecule has 4 N–H and O–H groups in total. The maximum absolute atomic E-state index is 13.3. The highest BCUT2D eigenvalue weighted by Gasteiger charge is 2.05. The monoisotopic (exact) mass is 182 g/mol. The van der Waals surface area contributed by atoms with Crippen molar-refractivity contribution >= 4 is 5.69 Å². The van der Waals surface area contributed by atoms with Crippen LogP contribution in [0.2, 0.25) is 0 Å². The number of aryl methyl sites for hydroxylation is 1. The first kappa shape index (κ1) is 9.99. The Morgan fingerprint density at radius 3 is 2.77 bits per heavy atom. The smallest absolute Gasteiger partial charge is 0.149 e. The van der Waals surface area contributed by atoms with Crippen molar-refractivity contribution in [1.29, 1.82) is 0 Å². The summed E-state index contributed by atoms with van der Waals surface area (Å²) in [7, 11) is 0. The fourth-order valence-corrected chi connectivity index (χ4v) is 1.18. The third-order valence-electron chi connectivity index (χ3n) is 1.98. The topological polar surface area (TPSA) is 52.0 Å². The van der Waals surface area contributed by atoms with E-state index in [1.807, 2.05) is 6.92 Å². The minimum Gasteiger partial charge on any atom is -0.396 e. The highest BCUT2D eigenvalue weighted by Crippen LogP contribution is 2.16. The van der Waals surface area contributed by atoms with E-state index in [0.717, 1.165) is 6.42 Å². The fourth-order valence-electron chi connectivity index (χ4n) is 1.18. The highest BCUT2D eigenvalue weighted by atomic mass is 19.1. The van der Waals surface area contributed by atoms with Gasteiger partial charge in [-0.25, -0.2) is 4.39 Å². The Balaban J connectivity index is 2.71. The third kappa shape index (κ3) is 2.70. The third-order valence-corrected chi connectivity index (χ3v) is 1.98. The summed E-state index contributed by atoms with van der Waals surface area (Å²) in [6, 6.07) is 5.16. The highest BCUT2D eigenvalue weighted by molar-refractivity contribution is 5.42. The van der Waals surface area contributed by atoms with Gasteiger partial charge in [0.25, 0.3) is 0 Å². The SMILES string of the molecule is C[C@H](N)CCc1cccc(N)c1F. The molecule has 0 saturated carbocycles. The second-order valence-electron chi connectivity index (χ2n) is 3.34. The molecule has 0 spiro atoms. The Kier molecular flexibility index (Phi) is 3.25. The fraction of sp³-hybridized carbons (Fsp3) is 0.400. The van der Waals surface area contributed by atoms with Gasteiger partial charge in [-0.05, 0) is 31.4 Å². The van der Waals surface area contributed by atoms with E-state index in [1.165, 1.54) is 0 Å². The predicted octanol–water partition coefficient (Wildman–Crippen LogP) is 1.69. The molecule has 1 aromatic carbocycles. The standard InChI is InChI=1S/C10H15FN2/c1-7(12)5-6-8-3-2-4-9(13)10(8)11/h2-4,7H,5-6,12-13H2,1H3/t7-/m0/s1. The molecule has 1 atom stereocenters. The molecular weight excluding hydrogens is 167 g/mol. The second kappa shape index (κ2) is 4.23. The molecular formula is C10H15FN2. The molecule has 72 valence electrons. The summed E-state index contributed by atoms with van der Waals surface area (Å²) in [5.74, 6) is -0.303. The molecule has 0 saturated heterocycles.